The van der Waals surface area contributed by atoms with Gasteiger partial charge in [0.05, 0.1) is 21.5 Å². The van der Waals surface area contributed by atoms with Crippen LogP contribution in [0.1, 0.15) is 24.0 Å². The molecule has 1 aliphatic heterocycles. The molecule has 174 valence electrons. The molecule has 0 bridgehead atoms. The predicted molar refractivity (Wildman–Crippen MR) is 126 cm³/mol. The standard InChI is InChI=1S/C23H26N4O5S/c1-15-6-8-19(16(2)12-15)24-33(31,32)17-7-9-20-18(13-17)22(29)27(23(30)25(20)3)14-21(28)26-10-4-5-11-26/h6-9,12-13,24H,4-5,10-11,14H2,1-3H3. The lowest BCUT2D eigenvalue weighted by molar-refractivity contribution is -0.130. The predicted octanol–water partition coefficient (Wildman–Crippen LogP) is 1.74. The Morgan fingerprint density at radius 3 is 2.39 bits per heavy atom. The van der Waals surface area contributed by atoms with Gasteiger partial charge in [0.25, 0.3) is 15.6 Å². The van der Waals surface area contributed by atoms with Crippen LogP contribution in [-0.2, 0) is 28.4 Å². The van der Waals surface area contributed by atoms with Crippen molar-refractivity contribution in [2.75, 3.05) is 17.8 Å². The second kappa shape index (κ2) is 8.51. The summed E-state index contributed by atoms with van der Waals surface area (Å²) < 4.78 is 30.7. The fraction of sp³-hybridized carbons (Fsp3) is 0.348. The van der Waals surface area contributed by atoms with Gasteiger partial charge >= 0.3 is 5.69 Å². The van der Waals surface area contributed by atoms with Crippen molar-refractivity contribution >= 4 is 32.5 Å². The molecule has 0 unspecified atom stereocenters. The third-order valence-electron chi connectivity index (χ3n) is 6.01. The van der Waals surface area contributed by atoms with Crippen molar-refractivity contribution < 1.29 is 13.2 Å². The number of amides is 1. The fourth-order valence-corrected chi connectivity index (χ4v) is 5.29. The number of aryl methyl sites for hydroxylation is 3. The van der Waals surface area contributed by atoms with E-state index in [4.69, 9.17) is 0 Å². The first-order valence-corrected chi connectivity index (χ1v) is 12.2. The van der Waals surface area contributed by atoms with E-state index in [-0.39, 0.29) is 22.7 Å². The molecule has 4 rings (SSSR count). The van der Waals surface area contributed by atoms with Gasteiger partial charge in [-0.1, -0.05) is 17.7 Å². The number of anilines is 1. The van der Waals surface area contributed by atoms with E-state index in [1.807, 2.05) is 13.0 Å². The number of rotatable bonds is 5. The van der Waals surface area contributed by atoms with Gasteiger partial charge in [0.2, 0.25) is 5.91 Å². The monoisotopic (exact) mass is 470 g/mol. The van der Waals surface area contributed by atoms with E-state index in [1.165, 1.54) is 29.8 Å². The van der Waals surface area contributed by atoms with E-state index in [1.54, 1.807) is 24.0 Å². The Morgan fingerprint density at radius 2 is 1.73 bits per heavy atom. The van der Waals surface area contributed by atoms with Gasteiger partial charge in [0.1, 0.15) is 6.54 Å². The number of carbonyl (C=O) groups excluding carboxylic acids is 1. The minimum Gasteiger partial charge on any atom is -0.341 e. The smallest absolute Gasteiger partial charge is 0.331 e. The van der Waals surface area contributed by atoms with Crippen molar-refractivity contribution in [3.8, 4) is 0 Å². The molecule has 1 saturated heterocycles. The van der Waals surface area contributed by atoms with Crippen LogP contribution in [0.15, 0.2) is 50.9 Å². The van der Waals surface area contributed by atoms with Crippen molar-refractivity contribution in [1.29, 1.82) is 0 Å². The van der Waals surface area contributed by atoms with Gasteiger partial charge in [-0.3, -0.25) is 23.4 Å². The largest absolute Gasteiger partial charge is 0.341 e. The highest BCUT2D eigenvalue weighted by molar-refractivity contribution is 7.92. The van der Waals surface area contributed by atoms with Gasteiger partial charge in [0, 0.05) is 20.1 Å². The van der Waals surface area contributed by atoms with Crippen molar-refractivity contribution in [2.45, 2.75) is 38.1 Å². The maximum absolute atomic E-state index is 13.1. The molecule has 0 radical (unpaired) electrons. The number of hydrogen-bond acceptors (Lipinski definition) is 5. The molecular weight excluding hydrogens is 444 g/mol. The highest BCUT2D eigenvalue weighted by Gasteiger charge is 2.22. The summed E-state index contributed by atoms with van der Waals surface area (Å²) in [5.41, 5.74) is 1.19. The number of hydrogen-bond donors (Lipinski definition) is 1. The summed E-state index contributed by atoms with van der Waals surface area (Å²) in [5.74, 6) is -0.300. The maximum atomic E-state index is 13.1. The first kappa shape index (κ1) is 22.8. The zero-order chi connectivity index (χ0) is 23.9. The number of aromatic nitrogens is 2. The van der Waals surface area contributed by atoms with E-state index in [2.05, 4.69) is 4.72 Å². The number of nitrogens with one attached hydrogen (secondary N) is 1. The van der Waals surface area contributed by atoms with E-state index < -0.39 is 21.3 Å². The third-order valence-corrected chi connectivity index (χ3v) is 7.37. The molecule has 0 aliphatic carbocycles. The summed E-state index contributed by atoms with van der Waals surface area (Å²) in [4.78, 5) is 40.0. The Kier molecular flexibility index (Phi) is 5.87. The molecular formula is C23H26N4O5S. The maximum Gasteiger partial charge on any atom is 0.331 e. The van der Waals surface area contributed by atoms with Crippen LogP contribution in [0.3, 0.4) is 0 Å². The van der Waals surface area contributed by atoms with Crippen molar-refractivity contribution in [2.24, 2.45) is 7.05 Å². The molecule has 1 N–H and O–H groups in total. The Labute approximate surface area is 191 Å². The minimum atomic E-state index is -3.99. The van der Waals surface area contributed by atoms with Gasteiger partial charge in [-0.2, -0.15) is 0 Å². The summed E-state index contributed by atoms with van der Waals surface area (Å²) in [6.07, 6.45) is 1.79. The lowest BCUT2D eigenvalue weighted by Crippen LogP contribution is -2.43. The highest BCUT2D eigenvalue weighted by Crippen LogP contribution is 2.22. The van der Waals surface area contributed by atoms with E-state index in [0.29, 0.717) is 24.3 Å². The van der Waals surface area contributed by atoms with Crippen molar-refractivity contribution in [3.63, 3.8) is 0 Å². The van der Waals surface area contributed by atoms with Gasteiger partial charge in [-0.25, -0.2) is 13.2 Å². The summed E-state index contributed by atoms with van der Waals surface area (Å²) in [6, 6.07) is 9.39. The molecule has 0 atom stereocenters. The number of likely N-dealkylation sites (tertiary alicyclic amines) is 1. The number of sulfonamides is 1. The van der Waals surface area contributed by atoms with Crippen LogP contribution in [0.25, 0.3) is 10.9 Å². The van der Waals surface area contributed by atoms with Crippen LogP contribution >= 0.6 is 0 Å². The van der Waals surface area contributed by atoms with Crippen LogP contribution in [0.5, 0.6) is 0 Å². The number of benzene rings is 2. The Bertz CT molecular complexity index is 1480. The number of nitrogens with zero attached hydrogens (tertiary/aromatic N) is 3. The average molecular weight is 471 g/mol. The zero-order valence-electron chi connectivity index (χ0n) is 18.8. The Hall–Kier alpha value is -3.40. The number of carbonyl (C=O) groups is 1. The summed E-state index contributed by atoms with van der Waals surface area (Å²) in [7, 11) is -2.50. The Morgan fingerprint density at radius 1 is 1.03 bits per heavy atom. The Balaban J connectivity index is 1.76. The summed E-state index contributed by atoms with van der Waals surface area (Å²) in [5, 5.41) is 0.0508. The molecule has 2 aromatic carbocycles. The molecule has 1 aliphatic rings. The summed E-state index contributed by atoms with van der Waals surface area (Å²) >= 11 is 0. The summed E-state index contributed by atoms with van der Waals surface area (Å²) in [6.45, 7) is 4.55. The van der Waals surface area contributed by atoms with Gasteiger partial charge in [0.15, 0.2) is 0 Å². The molecule has 3 aromatic rings. The SMILES string of the molecule is Cc1ccc(NS(=O)(=O)c2ccc3c(c2)c(=O)n(CC(=O)N2CCCC2)c(=O)n3C)c(C)c1. The number of fused-ring (bicyclic) bond motifs is 1. The molecule has 1 fully saturated rings. The van der Waals surface area contributed by atoms with Crippen molar-refractivity contribution in [3.05, 3.63) is 68.4 Å². The molecule has 1 aromatic heterocycles. The first-order valence-electron chi connectivity index (χ1n) is 10.7. The lowest BCUT2D eigenvalue weighted by Gasteiger charge is -2.17. The molecule has 0 spiro atoms. The molecule has 2 heterocycles. The van der Waals surface area contributed by atoms with Crippen LogP contribution in [0.4, 0.5) is 5.69 Å². The van der Waals surface area contributed by atoms with E-state index >= 15 is 0 Å². The average Bonchev–Trinajstić information content (AvgIpc) is 3.32. The second-order valence-corrected chi connectivity index (χ2v) is 10.1. The van der Waals surface area contributed by atoms with Crippen LogP contribution in [0, 0.1) is 13.8 Å². The fourth-order valence-electron chi connectivity index (χ4n) is 4.14. The van der Waals surface area contributed by atoms with Crippen LogP contribution in [0.2, 0.25) is 0 Å². The van der Waals surface area contributed by atoms with Crippen molar-refractivity contribution in [1.82, 2.24) is 14.0 Å². The van der Waals surface area contributed by atoms with E-state index in [0.717, 1.165) is 28.5 Å². The van der Waals surface area contributed by atoms with Gasteiger partial charge in [-0.05, 0) is 56.5 Å². The lowest BCUT2D eigenvalue weighted by atomic mass is 10.1. The molecule has 10 heteroatoms. The quantitative estimate of drug-likeness (QED) is 0.611. The van der Waals surface area contributed by atoms with Crippen LogP contribution in [-0.4, -0.2) is 41.4 Å². The molecule has 33 heavy (non-hydrogen) atoms. The first-order chi connectivity index (χ1) is 15.6. The zero-order valence-corrected chi connectivity index (χ0v) is 19.6. The minimum absolute atomic E-state index is 0.0508. The molecule has 1 amide bonds. The molecule has 9 nitrogen and oxygen atoms in total. The van der Waals surface area contributed by atoms with Crippen LogP contribution < -0.4 is 16.0 Å². The second-order valence-electron chi connectivity index (χ2n) is 8.42. The normalized spacial score (nSPS) is 14.1. The topological polar surface area (TPSA) is 110 Å². The van der Waals surface area contributed by atoms with Gasteiger partial charge in [-0.15, -0.1) is 0 Å². The van der Waals surface area contributed by atoms with Gasteiger partial charge < -0.3 is 4.90 Å². The highest BCUT2D eigenvalue weighted by atomic mass is 32.2. The third kappa shape index (κ3) is 4.30. The molecule has 0 saturated carbocycles. The van der Waals surface area contributed by atoms with E-state index in [9.17, 15) is 22.8 Å².